The molecule has 0 amide bonds. The van der Waals surface area contributed by atoms with Crippen molar-refractivity contribution in [1.82, 2.24) is 10.2 Å². The number of fused-ring (bicyclic) bond motifs is 1. The van der Waals surface area contributed by atoms with Crippen molar-refractivity contribution < 1.29 is 4.74 Å². The predicted molar refractivity (Wildman–Crippen MR) is 77.6 cm³/mol. The normalized spacial score (nSPS) is 25.9. The lowest BCUT2D eigenvalue weighted by Gasteiger charge is -2.46. The van der Waals surface area contributed by atoms with Crippen molar-refractivity contribution in [3.05, 3.63) is 29.8 Å². The lowest BCUT2D eigenvalue weighted by Crippen LogP contribution is -2.51. The van der Waals surface area contributed by atoms with Crippen LogP contribution in [0.1, 0.15) is 37.8 Å². The van der Waals surface area contributed by atoms with E-state index in [1.54, 1.807) is 0 Å². The van der Waals surface area contributed by atoms with Crippen molar-refractivity contribution in [2.45, 2.75) is 37.8 Å². The number of hydrogen-bond acceptors (Lipinski definition) is 3. The molecule has 0 bridgehead atoms. The molecule has 2 aliphatic rings. The molecule has 0 aliphatic carbocycles. The Labute approximate surface area is 115 Å². The average molecular weight is 260 g/mol. The molecule has 1 aromatic rings. The second-order valence-corrected chi connectivity index (χ2v) is 5.80. The highest BCUT2D eigenvalue weighted by Crippen LogP contribution is 2.43. The Kier molecular flexibility index (Phi) is 3.50. The average Bonchev–Trinajstić information content (AvgIpc) is 2.47. The molecular formula is C16H24N2O. The van der Waals surface area contributed by atoms with Gasteiger partial charge in [0, 0.05) is 31.1 Å². The van der Waals surface area contributed by atoms with Crippen LogP contribution in [0.25, 0.3) is 0 Å². The third-order valence-corrected chi connectivity index (χ3v) is 4.76. The van der Waals surface area contributed by atoms with E-state index in [1.807, 2.05) is 0 Å². The number of nitrogens with zero attached hydrogens (tertiary/aromatic N) is 1. The van der Waals surface area contributed by atoms with Gasteiger partial charge in [0.2, 0.25) is 0 Å². The Bertz CT molecular complexity index is 438. The van der Waals surface area contributed by atoms with Gasteiger partial charge in [0.25, 0.3) is 0 Å². The van der Waals surface area contributed by atoms with Gasteiger partial charge in [-0.3, -0.25) is 0 Å². The van der Waals surface area contributed by atoms with Crippen LogP contribution in [0, 0.1) is 0 Å². The van der Waals surface area contributed by atoms with Crippen LogP contribution in [0.5, 0.6) is 5.75 Å². The van der Waals surface area contributed by atoms with E-state index in [0.29, 0.717) is 6.04 Å². The van der Waals surface area contributed by atoms with Gasteiger partial charge in [0.15, 0.2) is 0 Å². The molecule has 2 heterocycles. The lowest BCUT2D eigenvalue weighted by molar-refractivity contribution is -0.0235. The maximum absolute atomic E-state index is 6.42. The molecule has 1 N–H and O–H groups in total. The fourth-order valence-electron chi connectivity index (χ4n) is 3.46. The molecule has 104 valence electrons. The first kappa shape index (κ1) is 12.9. The van der Waals surface area contributed by atoms with E-state index in [-0.39, 0.29) is 5.60 Å². The Morgan fingerprint density at radius 1 is 1.32 bits per heavy atom. The molecular weight excluding hydrogens is 236 g/mol. The summed E-state index contributed by atoms with van der Waals surface area (Å²) in [6.07, 6.45) is 3.39. The molecule has 1 saturated heterocycles. The fourth-order valence-corrected chi connectivity index (χ4v) is 3.46. The molecule has 3 nitrogen and oxygen atoms in total. The molecule has 1 aromatic carbocycles. The van der Waals surface area contributed by atoms with Gasteiger partial charge < -0.3 is 15.0 Å². The topological polar surface area (TPSA) is 24.5 Å². The monoisotopic (exact) mass is 260 g/mol. The standard InChI is InChI=1S/C16H24N2O/c1-3-18-10-8-16(9-11-18)12-14(17-2)13-6-4-5-7-15(13)19-16/h4-7,14,17H,3,8-12H2,1-2H3. The summed E-state index contributed by atoms with van der Waals surface area (Å²) in [7, 11) is 2.06. The zero-order valence-corrected chi connectivity index (χ0v) is 12.0. The molecule has 2 aliphatic heterocycles. The van der Waals surface area contributed by atoms with Crippen LogP contribution < -0.4 is 10.1 Å². The maximum atomic E-state index is 6.42. The summed E-state index contributed by atoms with van der Waals surface area (Å²) in [6, 6.07) is 8.91. The summed E-state index contributed by atoms with van der Waals surface area (Å²) in [6.45, 7) is 5.72. The number of para-hydroxylation sites is 1. The predicted octanol–water partition coefficient (Wildman–Crippen LogP) is 2.58. The number of hydrogen-bond donors (Lipinski definition) is 1. The minimum Gasteiger partial charge on any atom is -0.487 e. The van der Waals surface area contributed by atoms with E-state index < -0.39 is 0 Å². The SMILES string of the molecule is CCN1CCC2(CC1)CC(NC)c1ccccc1O2. The second kappa shape index (κ2) is 5.14. The third kappa shape index (κ3) is 2.37. The van der Waals surface area contributed by atoms with Crippen molar-refractivity contribution >= 4 is 0 Å². The summed E-state index contributed by atoms with van der Waals surface area (Å²) in [5, 5.41) is 3.46. The van der Waals surface area contributed by atoms with E-state index in [0.717, 1.165) is 44.6 Å². The van der Waals surface area contributed by atoms with E-state index in [1.165, 1.54) is 5.56 Å². The van der Waals surface area contributed by atoms with Crippen LogP contribution >= 0.6 is 0 Å². The van der Waals surface area contributed by atoms with Gasteiger partial charge in [-0.2, -0.15) is 0 Å². The quantitative estimate of drug-likeness (QED) is 0.884. The van der Waals surface area contributed by atoms with Gasteiger partial charge >= 0.3 is 0 Å². The fraction of sp³-hybridized carbons (Fsp3) is 0.625. The minimum atomic E-state index is 0.0493. The first-order valence-electron chi connectivity index (χ1n) is 7.44. The third-order valence-electron chi connectivity index (χ3n) is 4.76. The maximum Gasteiger partial charge on any atom is 0.124 e. The zero-order chi connectivity index (χ0) is 13.3. The highest BCUT2D eigenvalue weighted by molar-refractivity contribution is 5.39. The van der Waals surface area contributed by atoms with Crippen molar-refractivity contribution in [1.29, 1.82) is 0 Å². The van der Waals surface area contributed by atoms with Gasteiger partial charge in [0.1, 0.15) is 11.4 Å². The molecule has 1 spiro atoms. The molecule has 0 radical (unpaired) electrons. The number of nitrogens with one attached hydrogen (secondary N) is 1. The molecule has 3 heteroatoms. The smallest absolute Gasteiger partial charge is 0.124 e. The van der Waals surface area contributed by atoms with E-state index >= 15 is 0 Å². The number of ether oxygens (including phenoxy) is 1. The van der Waals surface area contributed by atoms with Crippen molar-refractivity contribution in [2.75, 3.05) is 26.7 Å². The summed E-state index contributed by atoms with van der Waals surface area (Å²) in [5.74, 6) is 1.08. The second-order valence-electron chi connectivity index (χ2n) is 5.80. The first-order valence-corrected chi connectivity index (χ1v) is 7.44. The molecule has 1 unspecified atom stereocenters. The lowest BCUT2D eigenvalue weighted by atomic mass is 9.80. The van der Waals surface area contributed by atoms with Gasteiger partial charge in [-0.05, 0) is 32.5 Å². The van der Waals surface area contributed by atoms with Crippen LogP contribution in [0.4, 0.5) is 0 Å². The number of benzene rings is 1. The van der Waals surface area contributed by atoms with Crippen LogP contribution in [0.2, 0.25) is 0 Å². The first-order chi connectivity index (χ1) is 9.26. The largest absolute Gasteiger partial charge is 0.487 e. The molecule has 19 heavy (non-hydrogen) atoms. The van der Waals surface area contributed by atoms with E-state index in [2.05, 4.69) is 48.5 Å². The van der Waals surface area contributed by atoms with Crippen molar-refractivity contribution in [3.63, 3.8) is 0 Å². The Balaban J connectivity index is 1.83. The number of likely N-dealkylation sites (tertiary alicyclic amines) is 1. The molecule has 0 aromatic heterocycles. The summed E-state index contributed by atoms with van der Waals surface area (Å²) in [5.41, 5.74) is 1.36. The van der Waals surface area contributed by atoms with Gasteiger partial charge in [-0.1, -0.05) is 25.1 Å². The highest BCUT2D eigenvalue weighted by atomic mass is 16.5. The summed E-state index contributed by atoms with van der Waals surface area (Å²) in [4.78, 5) is 2.52. The van der Waals surface area contributed by atoms with Crippen LogP contribution in [-0.2, 0) is 0 Å². The molecule has 3 rings (SSSR count). The van der Waals surface area contributed by atoms with Crippen LogP contribution in [0.15, 0.2) is 24.3 Å². The highest BCUT2D eigenvalue weighted by Gasteiger charge is 2.42. The minimum absolute atomic E-state index is 0.0493. The van der Waals surface area contributed by atoms with E-state index in [9.17, 15) is 0 Å². The van der Waals surface area contributed by atoms with Gasteiger partial charge in [-0.15, -0.1) is 0 Å². The van der Waals surface area contributed by atoms with E-state index in [4.69, 9.17) is 4.74 Å². The molecule has 0 saturated carbocycles. The van der Waals surface area contributed by atoms with Gasteiger partial charge in [0.05, 0.1) is 0 Å². The Morgan fingerprint density at radius 2 is 2.05 bits per heavy atom. The van der Waals surface area contributed by atoms with Crippen LogP contribution in [-0.4, -0.2) is 37.2 Å². The Hall–Kier alpha value is -1.06. The zero-order valence-electron chi connectivity index (χ0n) is 12.0. The number of piperidine rings is 1. The number of rotatable bonds is 2. The van der Waals surface area contributed by atoms with Crippen molar-refractivity contribution in [3.8, 4) is 5.75 Å². The molecule has 1 fully saturated rings. The van der Waals surface area contributed by atoms with Crippen molar-refractivity contribution in [2.24, 2.45) is 0 Å². The summed E-state index contributed by atoms with van der Waals surface area (Å²) >= 11 is 0. The molecule has 1 atom stereocenters. The van der Waals surface area contributed by atoms with Gasteiger partial charge in [-0.25, -0.2) is 0 Å². The van der Waals surface area contributed by atoms with Crippen LogP contribution in [0.3, 0.4) is 0 Å². The summed E-state index contributed by atoms with van der Waals surface area (Å²) < 4.78 is 6.42. The Morgan fingerprint density at radius 3 is 2.74 bits per heavy atom.